The van der Waals surface area contributed by atoms with E-state index in [9.17, 15) is 4.79 Å². The molecule has 0 unspecified atom stereocenters. The molecule has 1 N–H and O–H groups in total. The number of terminal acetylenes is 1. The number of amides is 1. The Balaban J connectivity index is 1.41. The number of aromatic nitrogens is 1. The monoisotopic (exact) mass is 362 g/mol. The molecule has 6 heteroatoms. The van der Waals surface area contributed by atoms with E-state index in [0.717, 1.165) is 17.0 Å². The van der Waals surface area contributed by atoms with Crippen molar-refractivity contribution >= 4 is 5.91 Å². The van der Waals surface area contributed by atoms with E-state index in [0.29, 0.717) is 38.8 Å². The third kappa shape index (κ3) is 5.93. The molecule has 0 radical (unpaired) electrons. The minimum atomic E-state index is -0.414. The van der Waals surface area contributed by atoms with Gasteiger partial charge >= 0.3 is 0 Å². The predicted octanol–water partition coefficient (Wildman–Crippen LogP) is 3.63. The molecule has 0 bridgehead atoms. The molecule has 6 nitrogen and oxygen atoms in total. The summed E-state index contributed by atoms with van der Waals surface area (Å²) < 4.78 is 5.76. The van der Waals surface area contributed by atoms with Crippen LogP contribution in [0.2, 0.25) is 0 Å². The summed E-state index contributed by atoms with van der Waals surface area (Å²) in [5.74, 6) is 3.31. The number of carbonyl (C=O) groups is 1. The Morgan fingerprint density at radius 3 is 2.81 bits per heavy atom. The zero-order valence-electron chi connectivity index (χ0n) is 15.1. The van der Waals surface area contributed by atoms with Crippen LogP contribution < -0.4 is 10.1 Å². The van der Waals surface area contributed by atoms with Gasteiger partial charge in [-0.25, -0.2) is 0 Å². The van der Waals surface area contributed by atoms with Gasteiger partial charge in [-0.15, -0.1) is 12.3 Å². The first-order valence-electron chi connectivity index (χ1n) is 8.95. The van der Waals surface area contributed by atoms with Crippen LogP contribution in [0.4, 0.5) is 0 Å². The second-order valence-corrected chi connectivity index (χ2v) is 6.42. The van der Waals surface area contributed by atoms with Gasteiger partial charge in [-0.3, -0.25) is 9.78 Å². The molecule has 1 amide bonds. The van der Waals surface area contributed by atoms with Crippen LogP contribution in [0.25, 0.3) is 0 Å². The molecule has 0 fully saturated rings. The lowest BCUT2D eigenvalue weighted by atomic mass is 10.0. The van der Waals surface area contributed by atoms with Crippen molar-refractivity contribution in [2.45, 2.75) is 44.5 Å². The standard InChI is InChI=1S/C21H22N4O2/c1-2-3-11-21(24-25-21)12-10-20(26)23-15-17-7-6-9-19(14-17)27-16-18-8-4-5-13-22-18/h1,4-9,13-14H,3,10-12,15-16H2,(H,23,26). The molecule has 0 saturated carbocycles. The van der Waals surface area contributed by atoms with Gasteiger partial charge < -0.3 is 10.1 Å². The highest BCUT2D eigenvalue weighted by molar-refractivity contribution is 5.76. The SMILES string of the molecule is C#CCCC1(CCC(=O)NCc2cccc(OCc3ccccn3)c2)N=N1. The van der Waals surface area contributed by atoms with Crippen molar-refractivity contribution in [1.82, 2.24) is 10.3 Å². The summed E-state index contributed by atoms with van der Waals surface area (Å²) in [6.45, 7) is 0.856. The van der Waals surface area contributed by atoms with E-state index in [4.69, 9.17) is 11.2 Å². The van der Waals surface area contributed by atoms with Crippen molar-refractivity contribution in [3.05, 3.63) is 59.9 Å². The van der Waals surface area contributed by atoms with Crippen molar-refractivity contribution in [2.24, 2.45) is 10.2 Å². The molecule has 0 saturated heterocycles. The van der Waals surface area contributed by atoms with Gasteiger partial charge in [-0.1, -0.05) is 18.2 Å². The fourth-order valence-electron chi connectivity index (χ4n) is 2.66. The Kier molecular flexibility index (Phi) is 6.16. The van der Waals surface area contributed by atoms with E-state index in [1.54, 1.807) is 6.20 Å². The molecule has 2 heterocycles. The summed E-state index contributed by atoms with van der Waals surface area (Å²) in [6.07, 6.45) is 9.34. The van der Waals surface area contributed by atoms with Crippen molar-refractivity contribution in [3.8, 4) is 18.1 Å². The van der Waals surface area contributed by atoms with Crippen LogP contribution in [-0.4, -0.2) is 16.6 Å². The fraction of sp³-hybridized carbons (Fsp3) is 0.333. The quantitative estimate of drug-likeness (QED) is 0.656. The summed E-state index contributed by atoms with van der Waals surface area (Å²) >= 11 is 0. The Labute approximate surface area is 159 Å². The average molecular weight is 362 g/mol. The average Bonchev–Trinajstić information content (AvgIpc) is 3.49. The number of carbonyl (C=O) groups excluding carboxylic acids is 1. The number of hydrogen-bond acceptors (Lipinski definition) is 5. The molecule has 1 aromatic heterocycles. The number of nitrogens with one attached hydrogen (secondary N) is 1. The molecule has 1 aromatic carbocycles. The lowest BCUT2D eigenvalue weighted by Crippen LogP contribution is -2.24. The summed E-state index contributed by atoms with van der Waals surface area (Å²) in [5.41, 5.74) is 1.43. The second kappa shape index (κ2) is 8.95. The molecule has 138 valence electrons. The third-order valence-electron chi connectivity index (χ3n) is 4.31. The van der Waals surface area contributed by atoms with Gasteiger partial charge in [0.05, 0.1) is 5.69 Å². The van der Waals surface area contributed by atoms with Gasteiger partial charge in [0.1, 0.15) is 12.4 Å². The molecule has 0 aliphatic carbocycles. The summed E-state index contributed by atoms with van der Waals surface area (Å²) in [4.78, 5) is 16.3. The van der Waals surface area contributed by atoms with Crippen LogP contribution in [0.15, 0.2) is 58.9 Å². The van der Waals surface area contributed by atoms with Crippen LogP contribution in [-0.2, 0) is 17.9 Å². The van der Waals surface area contributed by atoms with Crippen LogP contribution in [0.3, 0.4) is 0 Å². The molecule has 1 aliphatic rings. The number of pyridine rings is 1. The molecule has 0 atom stereocenters. The highest BCUT2D eigenvalue weighted by Gasteiger charge is 2.39. The lowest BCUT2D eigenvalue weighted by molar-refractivity contribution is -0.121. The Morgan fingerprint density at radius 2 is 2.07 bits per heavy atom. The van der Waals surface area contributed by atoms with Crippen LogP contribution in [0.1, 0.15) is 36.9 Å². The zero-order chi connectivity index (χ0) is 19.0. The predicted molar refractivity (Wildman–Crippen MR) is 102 cm³/mol. The molecular weight excluding hydrogens is 340 g/mol. The Bertz CT molecular complexity index is 837. The van der Waals surface area contributed by atoms with Crippen LogP contribution >= 0.6 is 0 Å². The third-order valence-corrected chi connectivity index (χ3v) is 4.31. The highest BCUT2D eigenvalue weighted by Crippen LogP contribution is 2.37. The molecule has 2 aromatic rings. The molecule has 0 spiro atoms. The first-order valence-corrected chi connectivity index (χ1v) is 8.95. The van der Waals surface area contributed by atoms with Crippen molar-refractivity contribution < 1.29 is 9.53 Å². The maximum absolute atomic E-state index is 12.1. The maximum atomic E-state index is 12.1. The lowest BCUT2D eigenvalue weighted by Gasteiger charge is -2.10. The second-order valence-electron chi connectivity index (χ2n) is 6.42. The van der Waals surface area contributed by atoms with Crippen molar-refractivity contribution in [1.29, 1.82) is 0 Å². The molecule has 3 rings (SSSR count). The summed E-state index contributed by atoms with van der Waals surface area (Å²) in [7, 11) is 0. The number of nitrogens with zero attached hydrogens (tertiary/aromatic N) is 3. The van der Waals surface area contributed by atoms with E-state index in [2.05, 4.69) is 26.4 Å². The van der Waals surface area contributed by atoms with Crippen LogP contribution in [0, 0.1) is 12.3 Å². The number of benzene rings is 1. The molecule has 27 heavy (non-hydrogen) atoms. The molecule has 1 aliphatic heterocycles. The summed E-state index contributed by atoms with van der Waals surface area (Å²) in [5, 5.41) is 11.0. The normalized spacial score (nSPS) is 13.6. The number of ether oxygens (including phenoxy) is 1. The summed E-state index contributed by atoms with van der Waals surface area (Å²) in [6, 6.07) is 13.4. The largest absolute Gasteiger partial charge is 0.487 e. The fourth-order valence-corrected chi connectivity index (χ4v) is 2.66. The minimum Gasteiger partial charge on any atom is -0.487 e. The van der Waals surface area contributed by atoms with E-state index in [-0.39, 0.29) is 5.91 Å². The number of hydrogen-bond donors (Lipinski definition) is 1. The van der Waals surface area contributed by atoms with Crippen LogP contribution in [0.5, 0.6) is 5.75 Å². The van der Waals surface area contributed by atoms with E-state index >= 15 is 0 Å². The van der Waals surface area contributed by atoms with Gasteiger partial charge in [-0.2, -0.15) is 10.2 Å². The van der Waals surface area contributed by atoms with Gasteiger partial charge in [0, 0.05) is 38.4 Å². The van der Waals surface area contributed by atoms with Crippen molar-refractivity contribution in [3.63, 3.8) is 0 Å². The first kappa shape index (κ1) is 18.6. The van der Waals surface area contributed by atoms with E-state index in [1.165, 1.54) is 0 Å². The van der Waals surface area contributed by atoms with Crippen molar-refractivity contribution in [2.75, 3.05) is 0 Å². The topological polar surface area (TPSA) is 75.9 Å². The smallest absolute Gasteiger partial charge is 0.220 e. The van der Waals surface area contributed by atoms with Gasteiger partial charge in [0.25, 0.3) is 0 Å². The van der Waals surface area contributed by atoms with Gasteiger partial charge in [0.2, 0.25) is 5.91 Å². The Hall–Kier alpha value is -3.20. The highest BCUT2D eigenvalue weighted by atomic mass is 16.5. The first-order chi connectivity index (χ1) is 13.2. The van der Waals surface area contributed by atoms with Gasteiger partial charge in [0.15, 0.2) is 5.66 Å². The zero-order valence-corrected chi connectivity index (χ0v) is 15.1. The minimum absolute atomic E-state index is 0.0211. The maximum Gasteiger partial charge on any atom is 0.220 e. The van der Waals surface area contributed by atoms with Gasteiger partial charge in [-0.05, 0) is 29.8 Å². The van der Waals surface area contributed by atoms with E-state index < -0.39 is 5.66 Å². The number of rotatable bonds is 10. The Morgan fingerprint density at radius 1 is 1.19 bits per heavy atom. The molecular formula is C21H22N4O2. The van der Waals surface area contributed by atoms with E-state index in [1.807, 2.05) is 42.5 Å².